The highest BCUT2D eigenvalue weighted by Gasteiger charge is 2.21. The van der Waals surface area contributed by atoms with Crippen LogP contribution in [-0.2, 0) is 11.3 Å². The Bertz CT molecular complexity index is 638. The van der Waals surface area contributed by atoms with Crippen molar-refractivity contribution in [2.24, 2.45) is 5.92 Å². The molecule has 5 nitrogen and oxygen atoms in total. The van der Waals surface area contributed by atoms with E-state index in [4.69, 9.17) is 5.11 Å². The van der Waals surface area contributed by atoms with Crippen molar-refractivity contribution < 1.29 is 9.90 Å². The second-order valence-corrected chi connectivity index (χ2v) is 5.92. The second kappa shape index (κ2) is 6.24. The van der Waals surface area contributed by atoms with Crippen LogP contribution in [0.15, 0.2) is 35.7 Å². The fourth-order valence-corrected chi connectivity index (χ4v) is 3.07. The minimum absolute atomic E-state index is 0.00710. The molecule has 0 fully saturated rings. The molecular weight excluding hydrogens is 286 g/mol. The molecule has 0 aromatic carbocycles. The smallest absolute Gasteiger partial charge is 0.229 e. The van der Waals surface area contributed by atoms with Gasteiger partial charge in [0.1, 0.15) is 11.5 Å². The lowest BCUT2D eigenvalue weighted by Crippen LogP contribution is -2.22. The van der Waals surface area contributed by atoms with Gasteiger partial charge in [0.05, 0.1) is 18.0 Å². The molecule has 0 radical (unpaired) electrons. The van der Waals surface area contributed by atoms with Gasteiger partial charge in [0, 0.05) is 12.0 Å². The lowest BCUT2D eigenvalue weighted by molar-refractivity contribution is -0.119. The van der Waals surface area contributed by atoms with Gasteiger partial charge in [-0.25, -0.2) is 4.68 Å². The number of anilines is 1. The monoisotopic (exact) mass is 303 g/mol. The maximum absolute atomic E-state index is 12.2. The minimum atomic E-state index is -0.0145. The Kier molecular flexibility index (Phi) is 4.17. The summed E-state index contributed by atoms with van der Waals surface area (Å²) in [6, 6.07) is 5.82. The summed E-state index contributed by atoms with van der Waals surface area (Å²) in [5.74, 6) is 0.661. The summed E-state index contributed by atoms with van der Waals surface area (Å²) in [6.45, 7) is 0.351. The average Bonchev–Trinajstić information content (AvgIpc) is 3.21. The van der Waals surface area contributed by atoms with Crippen LogP contribution in [-0.4, -0.2) is 27.4 Å². The molecule has 2 aromatic rings. The molecule has 0 spiro atoms. The number of aliphatic hydroxyl groups excluding tert-OH is 1. The molecule has 0 aliphatic heterocycles. The van der Waals surface area contributed by atoms with E-state index in [1.807, 2.05) is 35.7 Å². The first-order valence-electron chi connectivity index (χ1n) is 6.96. The van der Waals surface area contributed by atoms with E-state index in [2.05, 4.69) is 10.4 Å². The lowest BCUT2D eigenvalue weighted by atomic mass is 10.1. The molecule has 1 amide bonds. The van der Waals surface area contributed by atoms with Crippen molar-refractivity contribution >= 4 is 23.1 Å². The Balaban J connectivity index is 1.80. The maximum Gasteiger partial charge on any atom is 0.229 e. The van der Waals surface area contributed by atoms with Gasteiger partial charge >= 0.3 is 0 Å². The van der Waals surface area contributed by atoms with Crippen molar-refractivity contribution in [3.8, 4) is 10.6 Å². The van der Waals surface area contributed by atoms with Crippen molar-refractivity contribution in [1.29, 1.82) is 0 Å². The first kappa shape index (κ1) is 14.0. The molecule has 110 valence electrons. The molecule has 2 heterocycles. The summed E-state index contributed by atoms with van der Waals surface area (Å²) in [7, 11) is 0. The topological polar surface area (TPSA) is 67.2 Å². The number of hydrogen-bond acceptors (Lipinski definition) is 4. The van der Waals surface area contributed by atoms with E-state index in [-0.39, 0.29) is 18.4 Å². The summed E-state index contributed by atoms with van der Waals surface area (Å²) in [5, 5.41) is 18.5. The number of carbonyl (C=O) groups excluding carboxylic acids is 1. The number of carbonyl (C=O) groups is 1. The van der Waals surface area contributed by atoms with E-state index < -0.39 is 0 Å². The van der Waals surface area contributed by atoms with E-state index >= 15 is 0 Å². The van der Waals surface area contributed by atoms with E-state index in [0.29, 0.717) is 12.4 Å². The van der Waals surface area contributed by atoms with Crippen LogP contribution in [0.4, 0.5) is 5.82 Å². The van der Waals surface area contributed by atoms with E-state index in [0.717, 1.165) is 23.4 Å². The molecule has 2 N–H and O–H groups in total. The van der Waals surface area contributed by atoms with E-state index in [1.54, 1.807) is 16.0 Å². The van der Waals surface area contributed by atoms with Crippen molar-refractivity contribution in [1.82, 2.24) is 9.78 Å². The van der Waals surface area contributed by atoms with Crippen LogP contribution < -0.4 is 5.32 Å². The minimum Gasteiger partial charge on any atom is -0.394 e. The molecule has 0 saturated heterocycles. The Hall–Kier alpha value is -1.92. The van der Waals surface area contributed by atoms with Gasteiger partial charge in [0.2, 0.25) is 5.91 Å². The summed E-state index contributed by atoms with van der Waals surface area (Å²) < 4.78 is 1.65. The van der Waals surface area contributed by atoms with Gasteiger partial charge in [-0.1, -0.05) is 18.2 Å². The number of thiophene rings is 1. The van der Waals surface area contributed by atoms with E-state index in [1.165, 1.54) is 0 Å². The first-order valence-corrected chi connectivity index (χ1v) is 7.84. The number of nitrogens with zero attached hydrogens (tertiary/aromatic N) is 2. The highest BCUT2D eigenvalue weighted by atomic mass is 32.1. The quantitative estimate of drug-likeness (QED) is 0.834. The summed E-state index contributed by atoms with van der Waals surface area (Å²) in [5.41, 5.74) is 0.818. The van der Waals surface area contributed by atoms with Gasteiger partial charge in [-0.3, -0.25) is 4.79 Å². The largest absolute Gasteiger partial charge is 0.394 e. The van der Waals surface area contributed by atoms with Crippen LogP contribution in [0.1, 0.15) is 12.8 Å². The molecule has 0 atom stereocenters. The Morgan fingerprint density at radius 2 is 2.29 bits per heavy atom. The van der Waals surface area contributed by atoms with Crippen LogP contribution in [0.3, 0.4) is 0 Å². The molecule has 6 heteroatoms. The first-order chi connectivity index (χ1) is 10.3. The van der Waals surface area contributed by atoms with Gasteiger partial charge in [-0.15, -0.1) is 11.3 Å². The molecule has 3 rings (SSSR count). The van der Waals surface area contributed by atoms with Crippen LogP contribution in [0.25, 0.3) is 10.6 Å². The third-order valence-electron chi connectivity index (χ3n) is 3.50. The molecular formula is C15H17N3O2S. The molecule has 2 aromatic heterocycles. The van der Waals surface area contributed by atoms with Crippen LogP contribution in [0, 0.1) is 5.92 Å². The van der Waals surface area contributed by atoms with E-state index in [9.17, 15) is 4.79 Å². The maximum atomic E-state index is 12.2. The Morgan fingerprint density at radius 1 is 1.48 bits per heavy atom. The zero-order valence-corrected chi connectivity index (χ0v) is 12.3. The van der Waals surface area contributed by atoms with Crippen LogP contribution in [0.5, 0.6) is 0 Å². The molecule has 0 saturated carbocycles. The van der Waals surface area contributed by atoms with Crippen LogP contribution in [0.2, 0.25) is 0 Å². The second-order valence-electron chi connectivity index (χ2n) is 4.97. The number of aromatic nitrogens is 2. The van der Waals surface area contributed by atoms with Crippen LogP contribution >= 0.6 is 11.3 Å². The van der Waals surface area contributed by atoms with Gasteiger partial charge in [0.15, 0.2) is 0 Å². The normalized spacial score (nSPS) is 14.7. The van der Waals surface area contributed by atoms with Gasteiger partial charge in [-0.05, 0) is 24.3 Å². The lowest BCUT2D eigenvalue weighted by Gasteiger charge is -2.11. The van der Waals surface area contributed by atoms with Gasteiger partial charge < -0.3 is 10.4 Å². The highest BCUT2D eigenvalue weighted by molar-refractivity contribution is 7.13. The zero-order chi connectivity index (χ0) is 14.7. The highest BCUT2D eigenvalue weighted by Crippen LogP contribution is 2.27. The average molecular weight is 303 g/mol. The number of amides is 1. The molecule has 1 aliphatic rings. The predicted octanol–water partition coefficient (Wildman–Crippen LogP) is 2.51. The van der Waals surface area contributed by atoms with Gasteiger partial charge in [0.25, 0.3) is 0 Å². The van der Waals surface area contributed by atoms with Gasteiger partial charge in [-0.2, -0.15) is 5.10 Å². The Morgan fingerprint density at radius 3 is 2.95 bits per heavy atom. The molecule has 21 heavy (non-hydrogen) atoms. The fourth-order valence-electron chi connectivity index (χ4n) is 2.39. The number of allylic oxidation sites excluding steroid dienone is 2. The number of aliphatic hydroxyl groups is 1. The summed E-state index contributed by atoms with van der Waals surface area (Å²) in [4.78, 5) is 13.3. The molecule has 0 bridgehead atoms. The molecule has 1 aliphatic carbocycles. The fraction of sp³-hybridized carbons (Fsp3) is 0.333. The zero-order valence-electron chi connectivity index (χ0n) is 11.5. The number of rotatable bonds is 5. The van der Waals surface area contributed by atoms with Crippen molar-refractivity contribution in [3.63, 3.8) is 0 Å². The molecule has 0 unspecified atom stereocenters. The standard InChI is InChI=1S/C15H17N3O2S/c19-8-7-18-14(16-15(20)11-4-1-2-5-11)10-12(17-18)13-6-3-9-21-13/h1-3,6,9-11,19H,4-5,7-8H2,(H,16,20). The third kappa shape index (κ3) is 3.06. The summed E-state index contributed by atoms with van der Waals surface area (Å²) >= 11 is 1.60. The van der Waals surface area contributed by atoms with Crippen molar-refractivity contribution in [2.45, 2.75) is 19.4 Å². The van der Waals surface area contributed by atoms with Crippen molar-refractivity contribution in [2.75, 3.05) is 11.9 Å². The van der Waals surface area contributed by atoms with Crippen molar-refractivity contribution in [3.05, 3.63) is 35.7 Å². The SMILES string of the molecule is O=C(Nc1cc(-c2cccs2)nn1CCO)C1CC=CC1. The number of hydrogen-bond donors (Lipinski definition) is 2. The number of nitrogens with one attached hydrogen (secondary N) is 1. The third-order valence-corrected chi connectivity index (χ3v) is 4.39. The predicted molar refractivity (Wildman–Crippen MR) is 83.1 cm³/mol. The summed E-state index contributed by atoms with van der Waals surface area (Å²) in [6.07, 6.45) is 5.65. The Labute approximate surface area is 126 Å².